The molecule has 6 nitrogen and oxygen atoms in total. The number of hydrogen-bond acceptors (Lipinski definition) is 6. The number of esters is 1. The minimum absolute atomic E-state index is 0.345. The van der Waals surface area contributed by atoms with Crippen molar-refractivity contribution >= 4 is 5.97 Å². The smallest absolute Gasteiger partial charge is 0.335 e. The Balaban J connectivity index is 3.48. The van der Waals surface area contributed by atoms with Crippen molar-refractivity contribution in [2.24, 2.45) is 5.73 Å². The topological polar surface area (TPSA) is 80.0 Å². The molecule has 0 saturated heterocycles. The number of hydrogen-bond donors (Lipinski definition) is 1. The van der Waals surface area contributed by atoms with Gasteiger partial charge in [0.05, 0.1) is 33.0 Å². The molecule has 1 atom stereocenters. The van der Waals surface area contributed by atoms with Gasteiger partial charge in [-0.1, -0.05) is 0 Å². The molecule has 0 rings (SSSR count). The lowest BCUT2D eigenvalue weighted by Crippen LogP contribution is -2.32. The molecule has 0 aliphatic carbocycles. The lowest BCUT2D eigenvalue weighted by molar-refractivity contribution is -0.168. The zero-order valence-electron chi connectivity index (χ0n) is 12.4. The van der Waals surface area contributed by atoms with Crippen molar-refractivity contribution in [3.05, 3.63) is 0 Å². The second-order valence-corrected chi connectivity index (χ2v) is 5.06. The molecule has 0 aromatic carbocycles. The molecule has 19 heavy (non-hydrogen) atoms. The highest BCUT2D eigenvalue weighted by Crippen LogP contribution is 2.09. The fourth-order valence-electron chi connectivity index (χ4n) is 1.14. The highest BCUT2D eigenvalue weighted by molar-refractivity contribution is 5.74. The fraction of sp³-hybridized carbons (Fsp3) is 0.923. The summed E-state index contributed by atoms with van der Waals surface area (Å²) < 4.78 is 20.9. The van der Waals surface area contributed by atoms with Crippen LogP contribution in [-0.2, 0) is 23.7 Å². The Kier molecular flexibility index (Phi) is 9.77. The molecule has 0 aliphatic heterocycles. The largest absolute Gasteiger partial charge is 0.458 e. The van der Waals surface area contributed by atoms with E-state index < -0.39 is 11.7 Å². The van der Waals surface area contributed by atoms with Gasteiger partial charge in [-0.15, -0.1) is 0 Å². The maximum absolute atomic E-state index is 11.6. The average Bonchev–Trinajstić information content (AvgIpc) is 2.30. The minimum Gasteiger partial charge on any atom is -0.458 e. The van der Waals surface area contributed by atoms with Crippen molar-refractivity contribution in [2.75, 3.05) is 39.6 Å². The van der Waals surface area contributed by atoms with E-state index >= 15 is 0 Å². The van der Waals surface area contributed by atoms with Gasteiger partial charge < -0.3 is 24.7 Å². The summed E-state index contributed by atoms with van der Waals surface area (Å²) in [6.45, 7) is 9.94. The quantitative estimate of drug-likeness (QED) is 0.468. The lowest BCUT2D eigenvalue weighted by atomic mass is 10.2. The Morgan fingerprint density at radius 1 is 1.05 bits per heavy atom. The monoisotopic (exact) mass is 277 g/mol. The Labute approximate surface area is 115 Å². The molecule has 0 aliphatic rings. The molecule has 0 amide bonds. The predicted molar refractivity (Wildman–Crippen MR) is 72.0 cm³/mol. The van der Waals surface area contributed by atoms with Gasteiger partial charge in [0.2, 0.25) is 0 Å². The molecule has 0 bridgehead atoms. The fourth-order valence-corrected chi connectivity index (χ4v) is 1.14. The van der Waals surface area contributed by atoms with Gasteiger partial charge >= 0.3 is 5.97 Å². The van der Waals surface area contributed by atoms with Crippen LogP contribution in [0.25, 0.3) is 0 Å². The van der Waals surface area contributed by atoms with Crippen molar-refractivity contribution in [2.45, 2.75) is 39.4 Å². The molecule has 0 spiro atoms. The number of carbonyl (C=O) groups excluding carboxylic acids is 1. The van der Waals surface area contributed by atoms with E-state index in [-0.39, 0.29) is 5.97 Å². The van der Waals surface area contributed by atoms with Crippen molar-refractivity contribution in [1.29, 1.82) is 0 Å². The molecule has 2 N–H and O–H groups in total. The lowest BCUT2D eigenvalue weighted by Gasteiger charge is -2.22. The van der Waals surface area contributed by atoms with Gasteiger partial charge in [0, 0.05) is 6.54 Å². The summed E-state index contributed by atoms with van der Waals surface area (Å²) in [5.41, 5.74) is 4.77. The molecule has 0 fully saturated rings. The Bertz CT molecular complexity index is 240. The Hall–Kier alpha value is -0.690. The van der Waals surface area contributed by atoms with Crippen LogP contribution in [0, 0.1) is 0 Å². The highest BCUT2D eigenvalue weighted by atomic mass is 16.6. The third-order valence-electron chi connectivity index (χ3n) is 1.97. The van der Waals surface area contributed by atoms with Gasteiger partial charge in [0.15, 0.2) is 6.10 Å². The molecule has 0 aromatic heterocycles. The van der Waals surface area contributed by atoms with Crippen LogP contribution >= 0.6 is 0 Å². The van der Waals surface area contributed by atoms with E-state index in [0.717, 1.165) is 0 Å². The van der Waals surface area contributed by atoms with Crippen LogP contribution in [0.2, 0.25) is 0 Å². The Morgan fingerprint density at radius 3 is 2.11 bits per heavy atom. The minimum atomic E-state index is -0.587. The third kappa shape index (κ3) is 12.1. The second kappa shape index (κ2) is 10.1. The van der Waals surface area contributed by atoms with E-state index in [0.29, 0.717) is 39.6 Å². The van der Waals surface area contributed by atoms with Crippen LogP contribution in [0.5, 0.6) is 0 Å². The second-order valence-electron chi connectivity index (χ2n) is 5.06. The van der Waals surface area contributed by atoms with Gasteiger partial charge in [-0.2, -0.15) is 0 Å². The molecule has 0 radical (unpaired) electrons. The predicted octanol–water partition coefficient (Wildman–Crippen LogP) is 0.725. The average molecular weight is 277 g/mol. The molecule has 0 heterocycles. The summed E-state index contributed by atoms with van der Waals surface area (Å²) in [7, 11) is 0. The zero-order chi connectivity index (χ0) is 14.7. The van der Waals surface area contributed by atoms with Gasteiger partial charge in [0.1, 0.15) is 5.60 Å². The number of carbonyl (C=O) groups is 1. The van der Waals surface area contributed by atoms with Crippen LogP contribution in [0.1, 0.15) is 27.7 Å². The van der Waals surface area contributed by atoms with Gasteiger partial charge in [-0.05, 0) is 27.7 Å². The molecule has 1 unspecified atom stereocenters. The van der Waals surface area contributed by atoms with E-state index in [9.17, 15) is 4.79 Å². The number of nitrogens with two attached hydrogens (primary N) is 1. The van der Waals surface area contributed by atoms with Gasteiger partial charge in [-0.25, -0.2) is 4.79 Å². The van der Waals surface area contributed by atoms with Gasteiger partial charge in [-0.3, -0.25) is 0 Å². The first-order valence-corrected chi connectivity index (χ1v) is 6.57. The summed E-state index contributed by atoms with van der Waals surface area (Å²) >= 11 is 0. The normalized spacial score (nSPS) is 13.3. The van der Waals surface area contributed by atoms with Crippen molar-refractivity contribution < 1.29 is 23.7 Å². The van der Waals surface area contributed by atoms with E-state index in [4.69, 9.17) is 24.7 Å². The van der Waals surface area contributed by atoms with Crippen molar-refractivity contribution in [3.8, 4) is 0 Å². The summed E-state index contributed by atoms with van der Waals surface area (Å²) in [6.07, 6.45) is -0.587. The van der Waals surface area contributed by atoms with E-state index in [1.54, 1.807) is 6.92 Å². The first-order chi connectivity index (χ1) is 8.87. The summed E-state index contributed by atoms with van der Waals surface area (Å²) in [5, 5.41) is 0. The Morgan fingerprint density at radius 2 is 1.58 bits per heavy atom. The van der Waals surface area contributed by atoms with Crippen molar-refractivity contribution in [3.63, 3.8) is 0 Å². The maximum atomic E-state index is 11.6. The molecular weight excluding hydrogens is 250 g/mol. The highest BCUT2D eigenvalue weighted by Gasteiger charge is 2.21. The summed E-state index contributed by atoms with van der Waals surface area (Å²) in [6, 6.07) is 0. The number of rotatable bonds is 10. The first kappa shape index (κ1) is 18.3. The van der Waals surface area contributed by atoms with Gasteiger partial charge in [0.25, 0.3) is 0 Å². The van der Waals surface area contributed by atoms with E-state index in [2.05, 4.69) is 0 Å². The first-order valence-electron chi connectivity index (χ1n) is 6.57. The van der Waals surface area contributed by atoms with Crippen LogP contribution in [-0.4, -0.2) is 57.3 Å². The molecular formula is C13H27NO5. The molecule has 0 saturated carbocycles. The summed E-state index contributed by atoms with van der Waals surface area (Å²) in [4.78, 5) is 11.6. The molecule has 6 heteroatoms. The SMILES string of the molecule is CC(OCCOCCOCCN)C(=O)OC(C)(C)C. The van der Waals surface area contributed by atoms with Crippen LogP contribution < -0.4 is 5.73 Å². The van der Waals surface area contributed by atoms with E-state index in [1.807, 2.05) is 20.8 Å². The molecule has 114 valence electrons. The standard InChI is InChI=1S/C13H27NO5/c1-11(12(15)19-13(2,3)4)18-10-9-17-8-7-16-6-5-14/h11H,5-10,14H2,1-4H3. The maximum Gasteiger partial charge on any atom is 0.335 e. The van der Waals surface area contributed by atoms with E-state index in [1.165, 1.54) is 0 Å². The van der Waals surface area contributed by atoms with Crippen LogP contribution in [0.15, 0.2) is 0 Å². The third-order valence-corrected chi connectivity index (χ3v) is 1.97. The van der Waals surface area contributed by atoms with Crippen LogP contribution in [0.4, 0.5) is 0 Å². The summed E-state index contributed by atoms with van der Waals surface area (Å²) in [5.74, 6) is -0.362. The number of ether oxygens (including phenoxy) is 4. The molecule has 0 aromatic rings. The van der Waals surface area contributed by atoms with Crippen molar-refractivity contribution in [1.82, 2.24) is 0 Å². The van der Waals surface area contributed by atoms with Crippen LogP contribution in [0.3, 0.4) is 0 Å². The zero-order valence-corrected chi connectivity index (χ0v) is 12.4.